The first-order valence-electron chi connectivity index (χ1n) is 9.78. The molecule has 27 heavy (non-hydrogen) atoms. The summed E-state index contributed by atoms with van der Waals surface area (Å²) in [5, 5.41) is 9.65. The lowest BCUT2D eigenvalue weighted by Crippen LogP contribution is -2.14. The van der Waals surface area contributed by atoms with Gasteiger partial charge >= 0.3 is 5.97 Å². The monoisotopic (exact) mass is 370 g/mol. The van der Waals surface area contributed by atoms with Crippen LogP contribution in [0.15, 0.2) is 41.0 Å². The van der Waals surface area contributed by atoms with Crippen LogP contribution in [-0.4, -0.2) is 24.8 Å². The Morgan fingerprint density at radius 2 is 2.04 bits per heavy atom. The number of fused-ring (bicyclic) bond motifs is 1. The number of phenols is 1. The van der Waals surface area contributed by atoms with E-state index in [1.165, 1.54) is 37.7 Å². The molecule has 0 aromatic heterocycles. The molecule has 0 saturated heterocycles. The highest BCUT2D eigenvalue weighted by Gasteiger charge is 2.37. The van der Waals surface area contributed by atoms with Gasteiger partial charge in [-0.2, -0.15) is 0 Å². The van der Waals surface area contributed by atoms with Gasteiger partial charge in [-0.05, 0) is 67.2 Å². The Bertz CT molecular complexity index is 788. The molecule has 0 aliphatic heterocycles. The smallest absolute Gasteiger partial charge is 0.338 e. The van der Waals surface area contributed by atoms with E-state index < -0.39 is 5.97 Å². The van der Waals surface area contributed by atoms with Crippen molar-refractivity contribution in [3.8, 4) is 11.5 Å². The second kappa shape index (κ2) is 7.79. The second-order valence-corrected chi connectivity index (χ2v) is 8.25. The van der Waals surface area contributed by atoms with Gasteiger partial charge in [-0.1, -0.05) is 38.0 Å². The molecule has 0 saturated carbocycles. The molecule has 0 heterocycles. The van der Waals surface area contributed by atoms with E-state index >= 15 is 0 Å². The predicted molar refractivity (Wildman–Crippen MR) is 106 cm³/mol. The molecule has 2 aliphatic rings. The quantitative estimate of drug-likeness (QED) is 0.555. The third kappa shape index (κ3) is 4.05. The molecule has 4 nitrogen and oxygen atoms in total. The van der Waals surface area contributed by atoms with Gasteiger partial charge in [-0.15, -0.1) is 0 Å². The van der Waals surface area contributed by atoms with E-state index in [0.29, 0.717) is 18.1 Å². The number of carbonyl (C=O) groups excluding carboxylic acids is 1. The van der Waals surface area contributed by atoms with Crippen LogP contribution >= 0.6 is 0 Å². The average Bonchev–Trinajstić information content (AvgIpc) is 2.89. The molecule has 0 bridgehead atoms. The van der Waals surface area contributed by atoms with Crippen LogP contribution in [0.4, 0.5) is 0 Å². The number of ether oxygens (including phenoxy) is 2. The topological polar surface area (TPSA) is 55.8 Å². The van der Waals surface area contributed by atoms with E-state index in [-0.39, 0.29) is 16.9 Å². The van der Waals surface area contributed by atoms with Gasteiger partial charge in [0.15, 0.2) is 11.5 Å². The third-order valence-electron chi connectivity index (χ3n) is 6.10. The Labute approximate surface area is 161 Å². The van der Waals surface area contributed by atoms with Crippen molar-refractivity contribution in [3.05, 3.63) is 46.6 Å². The predicted octanol–water partition coefficient (Wildman–Crippen LogP) is 5.42. The minimum atomic E-state index is -0.396. The summed E-state index contributed by atoms with van der Waals surface area (Å²) in [6, 6.07) is 4.50. The summed E-state index contributed by atoms with van der Waals surface area (Å²) in [6.07, 6.45) is 7.78. The summed E-state index contributed by atoms with van der Waals surface area (Å²) in [5.74, 6) is 0.499. The van der Waals surface area contributed by atoms with Crippen LogP contribution in [0.1, 0.15) is 63.2 Å². The van der Waals surface area contributed by atoms with Crippen molar-refractivity contribution in [1.29, 1.82) is 0 Å². The number of hydrogen-bond acceptors (Lipinski definition) is 4. The molecule has 2 aliphatic carbocycles. The van der Waals surface area contributed by atoms with E-state index in [0.717, 1.165) is 19.3 Å². The fourth-order valence-corrected chi connectivity index (χ4v) is 4.36. The lowest BCUT2D eigenvalue weighted by atomic mass is 9.79. The molecule has 1 N–H and O–H groups in total. The summed E-state index contributed by atoms with van der Waals surface area (Å²) in [6.45, 7) is 7.29. The summed E-state index contributed by atoms with van der Waals surface area (Å²) in [4.78, 5) is 12.4. The Balaban J connectivity index is 1.65. The molecule has 4 heteroatoms. The molecule has 146 valence electrons. The highest BCUT2D eigenvalue weighted by atomic mass is 16.5. The van der Waals surface area contributed by atoms with Crippen LogP contribution in [0.3, 0.4) is 0 Å². The molecule has 0 radical (unpaired) electrons. The number of methoxy groups -OCH3 is 1. The first-order chi connectivity index (χ1) is 12.8. The van der Waals surface area contributed by atoms with E-state index in [9.17, 15) is 9.90 Å². The standard InChI is InChI=1S/C23H30O4/c1-15(2)18-10-12-23(3)11-9-16(5-7-19(18)23)14-27-22(25)17-6-8-20(24)21(13-17)26-4/h6,8-9,13,15,24H,5,7,10-12,14H2,1-4H3/t23-/m0/s1. The van der Waals surface area contributed by atoms with E-state index in [1.54, 1.807) is 17.2 Å². The highest BCUT2D eigenvalue weighted by Crippen LogP contribution is 2.51. The molecular weight excluding hydrogens is 340 g/mol. The number of hydrogen-bond donors (Lipinski definition) is 1. The van der Waals surface area contributed by atoms with Crippen molar-refractivity contribution >= 4 is 5.97 Å². The van der Waals surface area contributed by atoms with Crippen molar-refractivity contribution in [3.63, 3.8) is 0 Å². The van der Waals surface area contributed by atoms with Gasteiger partial charge in [-0.3, -0.25) is 0 Å². The van der Waals surface area contributed by atoms with Crippen LogP contribution in [0, 0.1) is 11.3 Å². The molecule has 0 amide bonds. The first-order valence-corrected chi connectivity index (χ1v) is 9.78. The van der Waals surface area contributed by atoms with Crippen LogP contribution in [0.25, 0.3) is 0 Å². The van der Waals surface area contributed by atoms with Crippen LogP contribution < -0.4 is 4.74 Å². The minimum Gasteiger partial charge on any atom is -0.504 e. The van der Waals surface area contributed by atoms with Gasteiger partial charge in [0, 0.05) is 0 Å². The Morgan fingerprint density at radius 3 is 2.74 bits per heavy atom. The van der Waals surface area contributed by atoms with Crippen molar-refractivity contribution < 1.29 is 19.4 Å². The molecule has 0 fully saturated rings. The van der Waals surface area contributed by atoms with E-state index in [4.69, 9.17) is 9.47 Å². The number of benzene rings is 1. The van der Waals surface area contributed by atoms with Crippen molar-refractivity contribution in [1.82, 2.24) is 0 Å². The molecule has 1 aromatic carbocycles. The summed E-state index contributed by atoms with van der Waals surface area (Å²) in [5.41, 5.74) is 5.13. The van der Waals surface area contributed by atoms with E-state index in [2.05, 4.69) is 26.8 Å². The van der Waals surface area contributed by atoms with Crippen LogP contribution in [0.2, 0.25) is 0 Å². The molecule has 1 atom stereocenters. The summed E-state index contributed by atoms with van der Waals surface area (Å²) in [7, 11) is 1.46. The number of phenolic OH excluding ortho intramolecular Hbond substituents is 1. The van der Waals surface area contributed by atoms with Crippen molar-refractivity contribution in [2.45, 2.75) is 52.9 Å². The Kier molecular flexibility index (Phi) is 5.64. The maximum Gasteiger partial charge on any atom is 0.338 e. The number of rotatable bonds is 5. The minimum absolute atomic E-state index is 0.00884. The molecule has 3 rings (SSSR count). The lowest BCUT2D eigenvalue weighted by Gasteiger charge is -2.26. The van der Waals surface area contributed by atoms with Gasteiger partial charge < -0.3 is 14.6 Å². The fraction of sp³-hybridized carbons (Fsp3) is 0.522. The van der Waals surface area contributed by atoms with Crippen LogP contribution in [0.5, 0.6) is 11.5 Å². The van der Waals surface area contributed by atoms with Gasteiger partial charge in [0.2, 0.25) is 0 Å². The largest absolute Gasteiger partial charge is 0.504 e. The van der Waals surface area contributed by atoms with Gasteiger partial charge in [0.1, 0.15) is 6.61 Å². The zero-order valence-corrected chi connectivity index (χ0v) is 16.8. The van der Waals surface area contributed by atoms with Gasteiger partial charge in [0.25, 0.3) is 0 Å². The van der Waals surface area contributed by atoms with Crippen molar-refractivity contribution in [2.75, 3.05) is 13.7 Å². The van der Waals surface area contributed by atoms with Gasteiger partial charge in [0.05, 0.1) is 12.7 Å². The first kappa shape index (κ1) is 19.5. The number of aromatic hydroxyl groups is 1. The number of carbonyl (C=O) groups is 1. The molecular formula is C23H30O4. The van der Waals surface area contributed by atoms with E-state index in [1.807, 2.05) is 0 Å². The number of allylic oxidation sites excluding steroid dienone is 3. The molecule has 1 aromatic rings. The normalized spacial score (nSPS) is 22.3. The zero-order valence-electron chi connectivity index (χ0n) is 16.8. The average molecular weight is 370 g/mol. The maximum atomic E-state index is 12.4. The maximum absolute atomic E-state index is 12.4. The second-order valence-electron chi connectivity index (χ2n) is 8.25. The molecule has 0 spiro atoms. The Hall–Kier alpha value is -2.23. The fourth-order valence-electron chi connectivity index (χ4n) is 4.36. The summed E-state index contributed by atoms with van der Waals surface area (Å²) >= 11 is 0. The van der Waals surface area contributed by atoms with Gasteiger partial charge in [-0.25, -0.2) is 4.79 Å². The third-order valence-corrected chi connectivity index (χ3v) is 6.10. The SMILES string of the molecule is COc1cc(C(=O)OCC2=CC[C@@]3(C)CCC(C(C)C)=C3CC2)ccc1O. The highest BCUT2D eigenvalue weighted by molar-refractivity contribution is 5.90. The van der Waals surface area contributed by atoms with Crippen molar-refractivity contribution in [2.24, 2.45) is 11.3 Å². The van der Waals surface area contributed by atoms with Crippen LogP contribution in [-0.2, 0) is 4.74 Å². The summed E-state index contributed by atoms with van der Waals surface area (Å²) < 4.78 is 10.6. The number of esters is 1. The Morgan fingerprint density at radius 1 is 1.26 bits per heavy atom. The lowest BCUT2D eigenvalue weighted by molar-refractivity contribution is 0.0537. The zero-order chi connectivity index (χ0) is 19.6. The molecule has 0 unspecified atom stereocenters.